The summed E-state index contributed by atoms with van der Waals surface area (Å²) < 4.78 is 0. The normalized spacial score (nSPS) is 17.1. The van der Waals surface area contributed by atoms with E-state index < -0.39 is 0 Å². The van der Waals surface area contributed by atoms with Crippen LogP contribution < -0.4 is 5.32 Å². The van der Waals surface area contributed by atoms with Crippen molar-refractivity contribution in [3.05, 3.63) is 29.8 Å². The van der Waals surface area contributed by atoms with Gasteiger partial charge in [-0.25, -0.2) is 4.79 Å². The van der Waals surface area contributed by atoms with Crippen molar-refractivity contribution in [2.45, 2.75) is 26.2 Å². The van der Waals surface area contributed by atoms with Gasteiger partial charge in [-0.2, -0.15) is 0 Å². The molecule has 1 heterocycles. The van der Waals surface area contributed by atoms with Gasteiger partial charge in [-0.1, -0.05) is 26.0 Å². The van der Waals surface area contributed by atoms with Crippen LogP contribution in [0.5, 0.6) is 0 Å². The number of carbonyl (C=O) groups is 1. The monoisotopic (exact) mass is 275 g/mol. The third kappa shape index (κ3) is 3.97. The molecular weight excluding hydrogens is 250 g/mol. The first-order valence-corrected chi connectivity index (χ1v) is 7.40. The lowest BCUT2D eigenvalue weighted by atomic mass is 10.0. The first kappa shape index (κ1) is 14.9. The highest BCUT2D eigenvalue weighted by Crippen LogP contribution is 2.17. The van der Waals surface area contributed by atoms with Crippen molar-refractivity contribution >= 4 is 11.7 Å². The van der Waals surface area contributed by atoms with Gasteiger partial charge in [0.05, 0.1) is 0 Å². The molecule has 1 saturated heterocycles. The molecule has 2 amide bonds. The molecule has 0 radical (unpaired) electrons. The lowest BCUT2D eigenvalue weighted by Crippen LogP contribution is -2.37. The van der Waals surface area contributed by atoms with Gasteiger partial charge in [0.25, 0.3) is 0 Å². The summed E-state index contributed by atoms with van der Waals surface area (Å²) >= 11 is 0. The predicted molar refractivity (Wildman–Crippen MR) is 83.2 cm³/mol. The lowest BCUT2D eigenvalue weighted by Gasteiger charge is -2.21. The highest BCUT2D eigenvalue weighted by atomic mass is 16.2. The zero-order valence-corrected chi connectivity index (χ0v) is 12.7. The Morgan fingerprint density at radius 2 is 1.80 bits per heavy atom. The second-order valence-electron chi connectivity index (χ2n) is 5.85. The number of benzene rings is 1. The number of nitrogens with one attached hydrogen (secondary N) is 1. The fourth-order valence-electron chi connectivity index (χ4n) is 2.40. The molecule has 0 aliphatic carbocycles. The number of urea groups is 1. The molecule has 1 aromatic carbocycles. The summed E-state index contributed by atoms with van der Waals surface area (Å²) in [6.45, 7) is 7.97. The van der Waals surface area contributed by atoms with Crippen LogP contribution in [0.1, 0.15) is 31.7 Å². The molecule has 4 heteroatoms. The molecule has 2 rings (SSSR count). The highest BCUT2D eigenvalue weighted by Gasteiger charge is 2.17. The van der Waals surface area contributed by atoms with Crippen LogP contribution in [0.15, 0.2) is 24.3 Å². The van der Waals surface area contributed by atoms with Crippen molar-refractivity contribution in [3.8, 4) is 0 Å². The first-order valence-electron chi connectivity index (χ1n) is 7.40. The van der Waals surface area contributed by atoms with Gasteiger partial charge in [0, 0.05) is 25.3 Å². The first-order chi connectivity index (χ1) is 9.56. The van der Waals surface area contributed by atoms with E-state index in [2.05, 4.69) is 43.2 Å². The fourth-order valence-corrected chi connectivity index (χ4v) is 2.40. The number of hydrogen-bond donors (Lipinski definition) is 1. The summed E-state index contributed by atoms with van der Waals surface area (Å²) in [4.78, 5) is 16.4. The van der Waals surface area contributed by atoms with Crippen molar-refractivity contribution in [3.63, 3.8) is 0 Å². The van der Waals surface area contributed by atoms with Crippen LogP contribution in [0.3, 0.4) is 0 Å². The molecule has 1 fully saturated rings. The van der Waals surface area contributed by atoms with Gasteiger partial charge in [-0.15, -0.1) is 0 Å². The van der Waals surface area contributed by atoms with Gasteiger partial charge < -0.3 is 15.1 Å². The van der Waals surface area contributed by atoms with E-state index in [0.29, 0.717) is 5.92 Å². The zero-order chi connectivity index (χ0) is 14.5. The highest BCUT2D eigenvalue weighted by molar-refractivity contribution is 5.89. The maximum atomic E-state index is 12.2. The van der Waals surface area contributed by atoms with Crippen LogP contribution in [-0.4, -0.2) is 49.1 Å². The number of likely N-dealkylation sites (N-methyl/N-ethyl adjacent to an activating group) is 1. The standard InChI is InChI=1S/C16H25N3O/c1-13(2)14-5-7-15(8-6-14)17-16(20)19-10-4-9-18(3)11-12-19/h5-8,13H,4,9-12H2,1-3H3,(H,17,20). The van der Waals surface area contributed by atoms with Crippen molar-refractivity contribution in [2.24, 2.45) is 0 Å². The number of rotatable bonds is 2. The minimum atomic E-state index is 0.0117. The van der Waals surface area contributed by atoms with E-state index in [9.17, 15) is 4.79 Å². The van der Waals surface area contributed by atoms with Crippen LogP contribution in [0.2, 0.25) is 0 Å². The van der Waals surface area contributed by atoms with Gasteiger partial charge >= 0.3 is 6.03 Å². The quantitative estimate of drug-likeness (QED) is 0.900. The molecule has 20 heavy (non-hydrogen) atoms. The van der Waals surface area contributed by atoms with Crippen LogP contribution in [0, 0.1) is 0 Å². The van der Waals surface area contributed by atoms with E-state index >= 15 is 0 Å². The molecule has 0 bridgehead atoms. The molecule has 0 saturated carbocycles. The maximum Gasteiger partial charge on any atom is 0.321 e. The molecule has 110 valence electrons. The Hall–Kier alpha value is -1.55. The molecular formula is C16H25N3O. The van der Waals surface area contributed by atoms with Crippen molar-refractivity contribution in [1.29, 1.82) is 0 Å². The van der Waals surface area contributed by atoms with E-state index in [1.54, 1.807) is 0 Å². The number of nitrogens with zero attached hydrogens (tertiary/aromatic N) is 2. The third-order valence-corrected chi connectivity index (χ3v) is 3.84. The summed E-state index contributed by atoms with van der Waals surface area (Å²) in [6, 6.07) is 8.14. The average Bonchev–Trinajstić information content (AvgIpc) is 2.64. The largest absolute Gasteiger partial charge is 0.323 e. The summed E-state index contributed by atoms with van der Waals surface area (Å²) in [6.07, 6.45) is 1.04. The van der Waals surface area contributed by atoms with Crippen LogP contribution in [0.25, 0.3) is 0 Å². The zero-order valence-electron chi connectivity index (χ0n) is 12.7. The van der Waals surface area contributed by atoms with Crippen LogP contribution in [0.4, 0.5) is 10.5 Å². The Kier molecular flexibility index (Phi) is 5.01. The Labute approximate surface area is 121 Å². The Bertz CT molecular complexity index is 442. The second-order valence-corrected chi connectivity index (χ2v) is 5.85. The van der Waals surface area contributed by atoms with Crippen LogP contribution >= 0.6 is 0 Å². The molecule has 1 N–H and O–H groups in total. The molecule has 1 aliphatic rings. The van der Waals surface area contributed by atoms with E-state index in [1.165, 1.54) is 5.56 Å². The Morgan fingerprint density at radius 1 is 1.10 bits per heavy atom. The molecule has 1 aliphatic heterocycles. The van der Waals surface area contributed by atoms with E-state index in [4.69, 9.17) is 0 Å². The van der Waals surface area contributed by atoms with E-state index in [1.807, 2.05) is 17.0 Å². The summed E-state index contributed by atoms with van der Waals surface area (Å²) in [7, 11) is 2.10. The number of amides is 2. The van der Waals surface area contributed by atoms with Gasteiger partial charge in [-0.3, -0.25) is 0 Å². The SMILES string of the molecule is CC(C)c1ccc(NC(=O)N2CCCN(C)CC2)cc1. The minimum absolute atomic E-state index is 0.0117. The van der Waals surface area contributed by atoms with Crippen molar-refractivity contribution in [1.82, 2.24) is 9.80 Å². The summed E-state index contributed by atoms with van der Waals surface area (Å²) in [5, 5.41) is 2.99. The molecule has 0 spiro atoms. The average molecular weight is 275 g/mol. The number of hydrogen-bond acceptors (Lipinski definition) is 2. The van der Waals surface area contributed by atoms with Gasteiger partial charge in [0.1, 0.15) is 0 Å². The predicted octanol–water partition coefficient (Wildman–Crippen LogP) is 2.98. The van der Waals surface area contributed by atoms with Crippen molar-refractivity contribution < 1.29 is 4.79 Å². The summed E-state index contributed by atoms with van der Waals surface area (Å²) in [5.41, 5.74) is 2.16. The van der Waals surface area contributed by atoms with E-state index in [-0.39, 0.29) is 6.03 Å². The van der Waals surface area contributed by atoms with E-state index in [0.717, 1.165) is 38.3 Å². The number of carbonyl (C=O) groups excluding carboxylic acids is 1. The third-order valence-electron chi connectivity index (χ3n) is 3.84. The number of anilines is 1. The molecule has 0 aromatic heterocycles. The smallest absolute Gasteiger partial charge is 0.321 e. The second kappa shape index (κ2) is 6.75. The van der Waals surface area contributed by atoms with Gasteiger partial charge in [-0.05, 0) is 43.6 Å². The molecule has 4 nitrogen and oxygen atoms in total. The molecule has 1 aromatic rings. The lowest BCUT2D eigenvalue weighted by molar-refractivity contribution is 0.213. The molecule has 0 atom stereocenters. The van der Waals surface area contributed by atoms with Crippen molar-refractivity contribution in [2.75, 3.05) is 38.5 Å². The fraction of sp³-hybridized carbons (Fsp3) is 0.562. The van der Waals surface area contributed by atoms with Gasteiger partial charge in [0.2, 0.25) is 0 Å². The van der Waals surface area contributed by atoms with Crippen LogP contribution in [-0.2, 0) is 0 Å². The molecule has 0 unspecified atom stereocenters. The Morgan fingerprint density at radius 3 is 2.45 bits per heavy atom. The van der Waals surface area contributed by atoms with Gasteiger partial charge in [0.15, 0.2) is 0 Å². The minimum Gasteiger partial charge on any atom is -0.323 e. The maximum absolute atomic E-state index is 12.2. The Balaban J connectivity index is 1.93. The topological polar surface area (TPSA) is 35.6 Å². The summed E-state index contributed by atoms with van der Waals surface area (Å²) in [5.74, 6) is 0.515.